The Morgan fingerprint density at radius 2 is 1.77 bits per heavy atom. The molecular weight excluding hydrogens is 498 g/mol. The van der Waals surface area contributed by atoms with Crippen molar-refractivity contribution in [1.82, 2.24) is 15.5 Å². The average Bonchev–Trinajstić information content (AvgIpc) is 3.42. The lowest BCUT2D eigenvalue weighted by atomic mass is 9.81. The van der Waals surface area contributed by atoms with Crippen molar-refractivity contribution < 1.29 is 28.7 Å². The maximum Gasteiger partial charge on any atom is 0.326 e. The standard InChI is InChI=1S/C30H33N3O6/c1-30(2,3)22-13-10-20(11-14-22)27(34)31-23(29(35)36)16-18-6-8-19(9-7-18)26-32-28(39-33-26)21-12-15-24(37-4)25(17-21)38-5/h6-10,12-15,17,20,23H,11,16H2,1-5H3,(H,31,34)(H,35,36)/t20?,23-/m0/s1. The van der Waals surface area contributed by atoms with E-state index in [0.717, 1.165) is 5.56 Å². The molecule has 0 radical (unpaired) electrons. The Balaban J connectivity index is 1.41. The summed E-state index contributed by atoms with van der Waals surface area (Å²) in [5, 5.41) is 16.5. The molecule has 1 heterocycles. The van der Waals surface area contributed by atoms with Crippen LogP contribution in [-0.2, 0) is 16.0 Å². The molecule has 3 aromatic rings. The molecule has 39 heavy (non-hydrogen) atoms. The lowest BCUT2D eigenvalue weighted by Crippen LogP contribution is -2.44. The lowest BCUT2D eigenvalue weighted by Gasteiger charge is -2.25. The molecular formula is C30H33N3O6. The van der Waals surface area contributed by atoms with Crippen molar-refractivity contribution in [2.45, 2.75) is 39.7 Å². The highest BCUT2D eigenvalue weighted by Gasteiger charge is 2.26. The summed E-state index contributed by atoms with van der Waals surface area (Å²) in [7, 11) is 3.11. The summed E-state index contributed by atoms with van der Waals surface area (Å²) in [5.74, 6) is 0.0772. The number of rotatable bonds is 9. The van der Waals surface area contributed by atoms with Gasteiger partial charge in [0.05, 0.1) is 20.1 Å². The molecule has 1 aromatic heterocycles. The predicted octanol–water partition coefficient (Wildman–Crippen LogP) is 5.08. The predicted molar refractivity (Wildman–Crippen MR) is 146 cm³/mol. The van der Waals surface area contributed by atoms with E-state index in [9.17, 15) is 14.7 Å². The number of hydrogen-bond acceptors (Lipinski definition) is 7. The topological polar surface area (TPSA) is 124 Å². The number of carbonyl (C=O) groups is 2. The van der Waals surface area contributed by atoms with Crippen LogP contribution in [0.4, 0.5) is 0 Å². The minimum atomic E-state index is -1.09. The van der Waals surface area contributed by atoms with Gasteiger partial charge in [-0.3, -0.25) is 4.79 Å². The van der Waals surface area contributed by atoms with E-state index in [-0.39, 0.29) is 17.7 Å². The molecule has 0 saturated carbocycles. The van der Waals surface area contributed by atoms with Crippen molar-refractivity contribution in [3.05, 3.63) is 71.8 Å². The number of hydrogen-bond donors (Lipinski definition) is 2. The van der Waals surface area contributed by atoms with Gasteiger partial charge in [0.1, 0.15) is 6.04 Å². The number of aromatic nitrogens is 2. The van der Waals surface area contributed by atoms with Crippen molar-refractivity contribution in [2.75, 3.05) is 14.2 Å². The Bertz CT molecular complexity index is 1400. The third-order valence-corrected chi connectivity index (χ3v) is 6.63. The molecule has 0 bridgehead atoms. The minimum Gasteiger partial charge on any atom is -0.493 e. The highest BCUT2D eigenvalue weighted by molar-refractivity contribution is 5.86. The zero-order valence-electron chi connectivity index (χ0n) is 22.7. The van der Waals surface area contributed by atoms with Crippen molar-refractivity contribution in [1.29, 1.82) is 0 Å². The maximum absolute atomic E-state index is 12.8. The number of nitrogens with one attached hydrogen (secondary N) is 1. The second-order valence-electron chi connectivity index (χ2n) is 10.4. The second kappa shape index (κ2) is 11.6. The normalized spacial score (nSPS) is 15.8. The lowest BCUT2D eigenvalue weighted by molar-refractivity contribution is -0.142. The number of carboxylic acid groups (broad SMARTS) is 1. The highest BCUT2D eigenvalue weighted by atomic mass is 16.5. The fraction of sp³-hybridized carbons (Fsp3) is 0.333. The molecule has 2 aromatic carbocycles. The Hall–Kier alpha value is -4.40. The van der Waals surface area contributed by atoms with E-state index in [1.54, 1.807) is 56.7 Å². The molecule has 0 saturated heterocycles. The first-order chi connectivity index (χ1) is 18.6. The van der Waals surface area contributed by atoms with Gasteiger partial charge in [0, 0.05) is 17.5 Å². The Morgan fingerprint density at radius 1 is 1.08 bits per heavy atom. The number of benzene rings is 2. The highest BCUT2D eigenvalue weighted by Crippen LogP contribution is 2.33. The Labute approximate surface area is 227 Å². The SMILES string of the molecule is COc1ccc(-c2nc(-c3ccc(C[C@H](NC(=O)C4C=CC(C(C)(C)C)=CC4)C(=O)O)cc3)no2)cc1OC. The molecule has 2 atom stereocenters. The summed E-state index contributed by atoms with van der Waals surface area (Å²) in [6.45, 7) is 6.35. The fourth-order valence-corrected chi connectivity index (χ4v) is 4.30. The van der Waals surface area contributed by atoms with E-state index < -0.39 is 17.9 Å². The summed E-state index contributed by atoms with van der Waals surface area (Å²) in [6, 6.07) is 11.4. The molecule has 4 rings (SSSR count). The number of ether oxygens (including phenoxy) is 2. The third kappa shape index (κ3) is 6.54. The molecule has 0 spiro atoms. The zero-order valence-corrected chi connectivity index (χ0v) is 22.7. The van der Waals surface area contributed by atoms with Crippen LogP contribution in [0.1, 0.15) is 32.8 Å². The number of aliphatic carboxylic acids is 1. The van der Waals surface area contributed by atoms with E-state index in [4.69, 9.17) is 14.0 Å². The van der Waals surface area contributed by atoms with Gasteiger partial charge in [0.25, 0.3) is 5.89 Å². The number of methoxy groups -OCH3 is 2. The Kier molecular flexibility index (Phi) is 8.18. The van der Waals surface area contributed by atoms with E-state index in [1.165, 1.54) is 5.57 Å². The molecule has 1 unspecified atom stereocenters. The van der Waals surface area contributed by atoms with Crippen LogP contribution in [0.15, 0.2) is 70.8 Å². The van der Waals surface area contributed by atoms with Gasteiger partial charge < -0.3 is 24.4 Å². The number of nitrogens with zero attached hydrogens (tertiary/aromatic N) is 2. The van der Waals surface area contributed by atoms with Crippen LogP contribution in [-0.4, -0.2) is 47.4 Å². The van der Waals surface area contributed by atoms with Crippen molar-refractivity contribution in [2.24, 2.45) is 11.3 Å². The van der Waals surface area contributed by atoms with Gasteiger partial charge in [-0.1, -0.05) is 68.4 Å². The van der Waals surface area contributed by atoms with Crippen LogP contribution in [0.25, 0.3) is 22.8 Å². The quantitative estimate of drug-likeness (QED) is 0.392. The summed E-state index contributed by atoms with van der Waals surface area (Å²) < 4.78 is 16.0. The second-order valence-corrected chi connectivity index (χ2v) is 10.4. The molecule has 1 aliphatic rings. The summed E-state index contributed by atoms with van der Waals surface area (Å²) in [4.78, 5) is 29.2. The molecule has 0 aliphatic heterocycles. The summed E-state index contributed by atoms with van der Waals surface area (Å²) >= 11 is 0. The summed E-state index contributed by atoms with van der Waals surface area (Å²) in [5.41, 5.74) is 3.31. The average molecular weight is 532 g/mol. The van der Waals surface area contributed by atoms with E-state index in [2.05, 4.69) is 36.2 Å². The van der Waals surface area contributed by atoms with Crippen LogP contribution >= 0.6 is 0 Å². The van der Waals surface area contributed by atoms with Gasteiger partial charge in [0.15, 0.2) is 11.5 Å². The van der Waals surface area contributed by atoms with Gasteiger partial charge >= 0.3 is 5.97 Å². The first kappa shape index (κ1) is 27.6. The van der Waals surface area contributed by atoms with E-state index in [0.29, 0.717) is 40.8 Å². The molecule has 9 nitrogen and oxygen atoms in total. The fourth-order valence-electron chi connectivity index (χ4n) is 4.30. The van der Waals surface area contributed by atoms with E-state index in [1.807, 2.05) is 18.2 Å². The first-order valence-electron chi connectivity index (χ1n) is 12.7. The van der Waals surface area contributed by atoms with Crippen LogP contribution in [0, 0.1) is 11.3 Å². The monoisotopic (exact) mass is 531 g/mol. The van der Waals surface area contributed by atoms with Gasteiger partial charge in [-0.25, -0.2) is 4.79 Å². The molecule has 1 amide bonds. The molecule has 1 aliphatic carbocycles. The number of carbonyl (C=O) groups excluding carboxylic acids is 1. The van der Waals surface area contributed by atoms with Gasteiger partial charge in [-0.15, -0.1) is 0 Å². The van der Waals surface area contributed by atoms with Crippen LogP contribution in [0.3, 0.4) is 0 Å². The molecule has 204 valence electrons. The molecule has 9 heteroatoms. The smallest absolute Gasteiger partial charge is 0.326 e. The third-order valence-electron chi connectivity index (χ3n) is 6.63. The number of carboxylic acids is 1. The first-order valence-corrected chi connectivity index (χ1v) is 12.7. The summed E-state index contributed by atoms with van der Waals surface area (Å²) in [6.07, 6.45) is 6.55. The Morgan fingerprint density at radius 3 is 2.36 bits per heavy atom. The van der Waals surface area contributed by atoms with Gasteiger partial charge in [0.2, 0.25) is 11.7 Å². The molecule has 0 fully saturated rings. The largest absolute Gasteiger partial charge is 0.493 e. The van der Waals surface area contributed by atoms with Crippen molar-refractivity contribution in [3.63, 3.8) is 0 Å². The maximum atomic E-state index is 12.8. The number of allylic oxidation sites excluding steroid dienone is 3. The van der Waals surface area contributed by atoms with Crippen LogP contribution in [0.2, 0.25) is 0 Å². The minimum absolute atomic E-state index is 0.00000388. The van der Waals surface area contributed by atoms with E-state index >= 15 is 0 Å². The van der Waals surface area contributed by atoms with Crippen molar-refractivity contribution in [3.8, 4) is 34.3 Å². The van der Waals surface area contributed by atoms with Crippen LogP contribution < -0.4 is 14.8 Å². The zero-order chi connectivity index (χ0) is 28.2. The number of amides is 1. The van der Waals surface area contributed by atoms with Crippen LogP contribution in [0.5, 0.6) is 11.5 Å². The van der Waals surface area contributed by atoms with Crippen molar-refractivity contribution >= 4 is 11.9 Å². The molecule has 2 N–H and O–H groups in total. The van der Waals surface area contributed by atoms with Gasteiger partial charge in [-0.2, -0.15) is 4.98 Å². The van der Waals surface area contributed by atoms with Gasteiger partial charge in [-0.05, 0) is 41.2 Å².